The molecule has 0 unspecified atom stereocenters. The van der Waals surface area contributed by atoms with Crippen molar-refractivity contribution < 1.29 is 52.4 Å². The molecule has 0 aromatic heterocycles. The summed E-state index contributed by atoms with van der Waals surface area (Å²) in [7, 11) is -4.26. The van der Waals surface area contributed by atoms with E-state index < -0.39 is 10.1 Å². The normalized spacial score (nSPS) is 11.0. The number of benzene rings is 2. The predicted octanol–water partition coefficient (Wildman–Crippen LogP) is 1.32. The van der Waals surface area contributed by atoms with E-state index in [1.165, 1.54) is 36.8 Å². The van der Waals surface area contributed by atoms with Crippen molar-refractivity contribution in [2.75, 3.05) is 0 Å². The second kappa shape index (κ2) is 10.9. The summed E-state index contributed by atoms with van der Waals surface area (Å²) >= 11 is 0. The van der Waals surface area contributed by atoms with Crippen LogP contribution in [0.25, 0.3) is 0 Å². The van der Waals surface area contributed by atoms with Crippen molar-refractivity contribution in [3.8, 4) is 17.2 Å². The van der Waals surface area contributed by atoms with Gasteiger partial charge in [-0.25, -0.2) is 0 Å². The van der Waals surface area contributed by atoms with Crippen LogP contribution in [0.4, 0.5) is 0 Å². The summed E-state index contributed by atoms with van der Waals surface area (Å²) in [6.07, 6.45) is 6.08. The minimum atomic E-state index is -4.26. The molecule has 2 aromatic carbocycles. The summed E-state index contributed by atoms with van der Waals surface area (Å²) in [6.45, 7) is 2.15. The Morgan fingerprint density at radius 1 is 1.00 bits per heavy atom. The Morgan fingerprint density at radius 3 is 2.27 bits per heavy atom. The third kappa shape index (κ3) is 7.29. The van der Waals surface area contributed by atoms with Gasteiger partial charge in [0.1, 0.15) is 11.5 Å². The molecule has 0 bridgehead atoms. The van der Waals surface area contributed by atoms with Crippen LogP contribution in [0.2, 0.25) is 0 Å². The van der Waals surface area contributed by atoms with Gasteiger partial charge in [-0.05, 0) is 48.7 Å². The standard InChI is InChI=1S/C19H24O5S.Na/c1-2-3-4-5-6-7-15-14-18(25(21,22)23)12-13-19(15)24-17-10-8-16(20)9-11-17;/h8-14,20H,2-7H2,1H3,(H,21,22,23);/q;+1/p-1. The second-order valence-corrected chi connectivity index (χ2v) is 7.40. The molecule has 0 atom stereocenters. The zero-order chi connectivity index (χ0) is 18.3. The maximum absolute atomic E-state index is 11.4. The molecule has 1 N–H and O–H groups in total. The van der Waals surface area contributed by atoms with E-state index in [0.29, 0.717) is 17.9 Å². The molecule has 2 aromatic rings. The average molecular weight is 386 g/mol. The van der Waals surface area contributed by atoms with E-state index in [-0.39, 0.29) is 40.2 Å². The Hall–Kier alpha value is -1.05. The van der Waals surface area contributed by atoms with Crippen molar-refractivity contribution >= 4 is 10.1 Å². The van der Waals surface area contributed by atoms with Gasteiger partial charge in [-0.1, -0.05) is 44.7 Å². The molecule has 136 valence electrons. The number of hydrogen-bond acceptors (Lipinski definition) is 4. The van der Waals surface area contributed by atoms with Crippen LogP contribution in [0.15, 0.2) is 47.4 Å². The molecule has 0 aliphatic carbocycles. The zero-order valence-electron chi connectivity index (χ0n) is 15.3. The Bertz CT molecular complexity index is 788. The SMILES string of the molecule is CCCCCCCc1cc(S(=O)(=O)O)ccc1Oc1ccc([O-])cc1.[Na+]. The summed E-state index contributed by atoms with van der Waals surface area (Å²) in [4.78, 5) is -0.140. The summed E-state index contributed by atoms with van der Waals surface area (Å²) in [5.41, 5.74) is 0.720. The molecule has 0 saturated heterocycles. The van der Waals surface area contributed by atoms with Crippen molar-refractivity contribution in [2.45, 2.75) is 50.3 Å². The molecule has 2 rings (SSSR count). The topological polar surface area (TPSA) is 86.7 Å². The molecular formula is C19H23NaO5S. The molecule has 26 heavy (non-hydrogen) atoms. The maximum Gasteiger partial charge on any atom is 1.00 e. The third-order valence-electron chi connectivity index (χ3n) is 3.93. The fourth-order valence-corrected chi connectivity index (χ4v) is 3.10. The van der Waals surface area contributed by atoms with E-state index in [1.807, 2.05) is 0 Å². The molecule has 0 spiro atoms. The van der Waals surface area contributed by atoms with Gasteiger partial charge in [0.25, 0.3) is 10.1 Å². The molecule has 0 saturated carbocycles. The van der Waals surface area contributed by atoms with Crippen molar-refractivity contribution in [3.63, 3.8) is 0 Å². The Balaban J connectivity index is 0.00000338. The van der Waals surface area contributed by atoms with Crippen molar-refractivity contribution in [1.82, 2.24) is 0 Å². The number of rotatable bonds is 9. The molecule has 0 fully saturated rings. The second-order valence-electron chi connectivity index (χ2n) is 5.98. The van der Waals surface area contributed by atoms with Gasteiger partial charge in [0.15, 0.2) is 0 Å². The fourth-order valence-electron chi connectivity index (χ4n) is 2.56. The van der Waals surface area contributed by atoms with Gasteiger partial charge in [0.05, 0.1) is 4.90 Å². The van der Waals surface area contributed by atoms with Crippen LogP contribution >= 0.6 is 0 Å². The van der Waals surface area contributed by atoms with Gasteiger partial charge in [-0.15, -0.1) is 5.75 Å². The smallest absolute Gasteiger partial charge is 0.872 e. The largest absolute Gasteiger partial charge is 1.00 e. The molecule has 0 amide bonds. The van der Waals surface area contributed by atoms with Crippen molar-refractivity contribution in [2.24, 2.45) is 0 Å². The molecule has 5 nitrogen and oxygen atoms in total. The number of ether oxygens (including phenoxy) is 1. The van der Waals surface area contributed by atoms with Crippen LogP contribution in [0, 0.1) is 0 Å². The monoisotopic (exact) mass is 386 g/mol. The van der Waals surface area contributed by atoms with E-state index in [0.717, 1.165) is 31.2 Å². The first-order valence-electron chi connectivity index (χ1n) is 8.45. The van der Waals surface area contributed by atoms with Crippen LogP contribution in [-0.2, 0) is 16.5 Å². The summed E-state index contributed by atoms with van der Waals surface area (Å²) in [6, 6.07) is 10.3. The summed E-state index contributed by atoms with van der Waals surface area (Å²) in [5, 5.41) is 11.2. The molecular weight excluding hydrogens is 363 g/mol. The van der Waals surface area contributed by atoms with E-state index in [4.69, 9.17) is 4.74 Å². The van der Waals surface area contributed by atoms with E-state index >= 15 is 0 Å². The summed E-state index contributed by atoms with van der Waals surface area (Å²) < 4.78 is 37.8. The first-order chi connectivity index (χ1) is 11.9. The van der Waals surface area contributed by atoms with E-state index in [2.05, 4.69) is 6.92 Å². The first-order valence-corrected chi connectivity index (χ1v) is 9.89. The van der Waals surface area contributed by atoms with E-state index in [9.17, 15) is 18.1 Å². The molecule has 0 heterocycles. The van der Waals surface area contributed by atoms with Crippen LogP contribution in [0.3, 0.4) is 0 Å². The minimum Gasteiger partial charge on any atom is -0.872 e. The van der Waals surface area contributed by atoms with Gasteiger partial charge in [-0.2, -0.15) is 8.42 Å². The van der Waals surface area contributed by atoms with Crippen LogP contribution in [0.1, 0.15) is 44.6 Å². The predicted molar refractivity (Wildman–Crippen MR) is 94.7 cm³/mol. The Morgan fingerprint density at radius 2 is 1.65 bits per heavy atom. The minimum absolute atomic E-state index is 0. The molecule has 0 aliphatic heterocycles. The summed E-state index contributed by atoms with van der Waals surface area (Å²) in [5.74, 6) is 0.929. The molecule has 0 aliphatic rings. The van der Waals surface area contributed by atoms with Gasteiger partial charge in [0, 0.05) is 0 Å². The number of unbranched alkanes of at least 4 members (excludes halogenated alkanes) is 4. The van der Waals surface area contributed by atoms with Crippen molar-refractivity contribution in [3.05, 3.63) is 48.0 Å². The average Bonchev–Trinajstić information content (AvgIpc) is 2.57. The van der Waals surface area contributed by atoms with Crippen LogP contribution < -0.4 is 39.4 Å². The Labute approximate surface area is 177 Å². The quantitative estimate of drug-likeness (QED) is 0.399. The number of hydrogen-bond donors (Lipinski definition) is 1. The van der Waals surface area contributed by atoms with Gasteiger partial charge >= 0.3 is 29.6 Å². The molecule has 0 radical (unpaired) electrons. The van der Waals surface area contributed by atoms with Crippen LogP contribution in [0.5, 0.6) is 17.2 Å². The van der Waals surface area contributed by atoms with Crippen molar-refractivity contribution in [1.29, 1.82) is 0 Å². The number of aryl methyl sites for hydroxylation is 1. The van der Waals surface area contributed by atoms with Gasteiger partial charge in [-0.3, -0.25) is 4.55 Å². The van der Waals surface area contributed by atoms with E-state index in [1.54, 1.807) is 12.1 Å². The maximum atomic E-state index is 11.4. The molecule has 7 heteroatoms. The Kier molecular flexibility index (Phi) is 9.68. The fraction of sp³-hybridized carbons (Fsp3) is 0.368. The van der Waals surface area contributed by atoms with Gasteiger partial charge < -0.3 is 9.84 Å². The van der Waals surface area contributed by atoms with Gasteiger partial charge in [0.2, 0.25) is 0 Å². The van der Waals surface area contributed by atoms with Crippen LogP contribution in [-0.4, -0.2) is 13.0 Å². The third-order valence-corrected chi connectivity index (χ3v) is 4.78. The first kappa shape index (κ1) is 23.0. The zero-order valence-corrected chi connectivity index (χ0v) is 18.1.